The van der Waals surface area contributed by atoms with E-state index in [-0.39, 0.29) is 5.78 Å². The summed E-state index contributed by atoms with van der Waals surface area (Å²) in [5, 5.41) is 0. The molecule has 0 amide bonds. The second kappa shape index (κ2) is 6.35. The highest BCUT2D eigenvalue weighted by molar-refractivity contribution is 6.02. The number of hydrogen-bond acceptors (Lipinski definition) is 4. The number of allylic oxidation sites excluding steroid dienone is 2. The van der Waals surface area contributed by atoms with Gasteiger partial charge in [-0.25, -0.2) is 0 Å². The van der Waals surface area contributed by atoms with Crippen molar-refractivity contribution in [2.75, 3.05) is 21.3 Å². The first kappa shape index (κ1) is 15.9. The summed E-state index contributed by atoms with van der Waals surface area (Å²) in [6.07, 6.45) is 1.67. The Morgan fingerprint density at radius 2 is 1.95 bits per heavy atom. The van der Waals surface area contributed by atoms with Gasteiger partial charge in [-0.15, -0.1) is 0 Å². The minimum Gasteiger partial charge on any atom is -0.501 e. The van der Waals surface area contributed by atoms with Gasteiger partial charge in [0.05, 0.1) is 7.11 Å². The van der Waals surface area contributed by atoms with Crippen LogP contribution in [-0.2, 0) is 19.0 Å². The van der Waals surface area contributed by atoms with E-state index in [4.69, 9.17) is 14.2 Å². The maximum atomic E-state index is 12.3. The highest BCUT2D eigenvalue weighted by atomic mass is 16.7. The smallest absolute Gasteiger partial charge is 0.178 e. The van der Waals surface area contributed by atoms with Gasteiger partial charge in [-0.1, -0.05) is 13.5 Å². The fourth-order valence-electron chi connectivity index (χ4n) is 2.56. The molecule has 0 saturated heterocycles. The van der Waals surface area contributed by atoms with Gasteiger partial charge in [0.2, 0.25) is 0 Å². The lowest BCUT2D eigenvalue weighted by molar-refractivity contribution is -0.123. The molecule has 0 heterocycles. The van der Waals surface area contributed by atoms with Crippen molar-refractivity contribution in [2.45, 2.75) is 39.4 Å². The molecule has 4 nitrogen and oxygen atoms in total. The SMILES string of the molecule is C=C(CCC1(C)CC(OC)=C(C)C1=O)C(OC)OC. The molecule has 0 saturated carbocycles. The summed E-state index contributed by atoms with van der Waals surface area (Å²) in [7, 11) is 4.77. The summed E-state index contributed by atoms with van der Waals surface area (Å²) in [6.45, 7) is 7.77. The molecule has 4 heteroatoms. The normalized spacial score (nSPS) is 23.4. The quantitative estimate of drug-likeness (QED) is 0.526. The van der Waals surface area contributed by atoms with Gasteiger partial charge in [0, 0.05) is 31.6 Å². The van der Waals surface area contributed by atoms with Crippen molar-refractivity contribution in [3.63, 3.8) is 0 Å². The number of ketones is 1. The zero-order chi connectivity index (χ0) is 14.6. The number of Topliss-reactive ketones (excluding diaryl/α,β-unsaturated/α-hetero) is 1. The van der Waals surface area contributed by atoms with Crippen molar-refractivity contribution in [2.24, 2.45) is 5.41 Å². The summed E-state index contributed by atoms with van der Waals surface area (Å²) in [4.78, 5) is 12.3. The summed E-state index contributed by atoms with van der Waals surface area (Å²) >= 11 is 0. The van der Waals surface area contributed by atoms with E-state index in [1.165, 1.54) is 0 Å². The minimum absolute atomic E-state index is 0.170. The molecule has 1 aliphatic rings. The van der Waals surface area contributed by atoms with Crippen molar-refractivity contribution in [3.05, 3.63) is 23.5 Å². The molecule has 0 aromatic heterocycles. The molecule has 0 fully saturated rings. The standard InChI is InChI=1S/C15H24O4/c1-10(14(18-5)19-6)7-8-15(3)9-12(17-4)11(2)13(15)16/h14H,1,7-9H2,2-6H3. The van der Waals surface area contributed by atoms with Gasteiger partial charge in [0.1, 0.15) is 5.76 Å². The molecule has 0 aromatic carbocycles. The zero-order valence-corrected chi connectivity index (χ0v) is 12.5. The molecule has 0 N–H and O–H groups in total. The molecule has 1 atom stereocenters. The number of rotatable bonds is 7. The lowest BCUT2D eigenvalue weighted by atomic mass is 9.80. The first-order valence-electron chi connectivity index (χ1n) is 6.41. The number of methoxy groups -OCH3 is 3. The molecule has 1 rings (SSSR count). The third-order valence-corrected chi connectivity index (χ3v) is 3.86. The lowest BCUT2D eigenvalue weighted by Crippen LogP contribution is -2.25. The Balaban J connectivity index is 2.64. The van der Waals surface area contributed by atoms with E-state index in [0.717, 1.165) is 23.3 Å². The van der Waals surface area contributed by atoms with E-state index in [0.29, 0.717) is 12.8 Å². The van der Waals surface area contributed by atoms with Crippen molar-refractivity contribution in [1.82, 2.24) is 0 Å². The molecular weight excluding hydrogens is 244 g/mol. The van der Waals surface area contributed by atoms with Crippen molar-refractivity contribution < 1.29 is 19.0 Å². The Hall–Kier alpha value is -1.13. The van der Waals surface area contributed by atoms with E-state index < -0.39 is 11.7 Å². The third-order valence-electron chi connectivity index (χ3n) is 3.86. The van der Waals surface area contributed by atoms with E-state index >= 15 is 0 Å². The van der Waals surface area contributed by atoms with Gasteiger partial charge in [0.15, 0.2) is 12.1 Å². The molecule has 0 aromatic rings. The third kappa shape index (κ3) is 3.25. The summed E-state index contributed by atoms with van der Waals surface area (Å²) in [5.74, 6) is 0.969. The van der Waals surface area contributed by atoms with Crippen LogP contribution >= 0.6 is 0 Å². The van der Waals surface area contributed by atoms with Crippen LogP contribution in [0.4, 0.5) is 0 Å². The van der Waals surface area contributed by atoms with E-state index in [1.807, 2.05) is 13.8 Å². The van der Waals surface area contributed by atoms with Crippen LogP contribution in [-0.4, -0.2) is 33.4 Å². The maximum absolute atomic E-state index is 12.3. The van der Waals surface area contributed by atoms with Crippen LogP contribution in [0.5, 0.6) is 0 Å². The van der Waals surface area contributed by atoms with Crippen LogP contribution < -0.4 is 0 Å². The summed E-state index contributed by atoms with van der Waals surface area (Å²) in [5.41, 5.74) is 1.19. The fraction of sp³-hybridized carbons (Fsp3) is 0.667. The molecule has 1 aliphatic carbocycles. The first-order valence-corrected chi connectivity index (χ1v) is 6.41. The number of carbonyl (C=O) groups is 1. The highest BCUT2D eigenvalue weighted by Crippen LogP contribution is 2.42. The molecule has 1 unspecified atom stereocenters. The first-order chi connectivity index (χ1) is 8.89. The predicted octanol–water partition coefficient (Wildman–Crippen LogP) is 2.84. The molecule has 108 valence electrons. The van der Waals surface area contributed by atoms with Crippen molar-refractivity contribution >= 4 is 5.78 Å². The number of ether oxygens (including phenoxy) is 3. The minimum atomic E-state index is -0.406. The second-order valence-electron chi connectivity index (χ2n) is 5.28. The van der Waals surface area contributed by atoms with Gasteiger partial charge in [-0.05, 0) is 25.3 Å². The van der Waals surface area contributed by atoms with Gasteiger partial charge < -0.3 is 14.2 Å². The Labute approximate surface area is 115 Å². The van der Waals surface area contributed by atoms with Crippen LogP contribution in [0, 0.1) is 5.41 Å². The van der Waals surface area contributed by atoms with Crippen LogP contribution in [0.15, 0.2) is 23.5 Å². The Bertz CT molecular complexity index is 393. The average Bonchev–Trinajstić information content (AvgIpc) is 2.63. The fourth-order valence-corrected chi connectivity index (χ4v) is 2.56. The Kier molecular flexibility index (Phi) is 5.32. The largest absolute Gasteiger partial charge is 0.501 e. The van der Waals surface area contributed by atoms with Crippen LogP contribution in [0.3, 0.4) is 0 Å². The van der Waals surface area contributed by atoms with E-state index in [1.54, 1.807) is 21.3 Å². The highest BCUT2D eigenvalue weighted by Gasteiger charge is 2.42. The number of carbonyl (C=O) groups excluding carboxylic acids is 1. The van der Waals surface area contributed by atoms with E-state index in [2.05, 4.69) is 6.58 Å². The molecule has 0 bridgehead atoms. The summed E-state index contributed by atoms with van der Waals surface area (Å²) < 4.78 is 15.6. The Morgan fingerprint density at radius 3 is 2.37 bits per heavy atom. The van der Waals surface area contributed by atoms with E-state index in [9.17, 15) is 4.79 Å². The molecule has 0 aliphatic heterocycles. The molecule has 0 radical (unpaired) electrons. The van der Waals surface area contributed by atoms with Crippen LogP contribution in [0.1, 0.15) is 33.1 Å². The lowest BCUT2D eigenvalue weighted by Gasteiger charge is -2.24. The van der Waals surface area contributed by atoms with Gasteiger partial charge in [0.25, 0.3) is 0 Å². The van der Waals surface area contributed by atoms with Crippen molar-refractivity contribution in [1.29, 1.82) is 0 Å². The van der Waals surface area contributed by atoms with Gasteiger partial charge in [-0.3, -0.25) is 4.79 Å². The topological polar surface area (TPSA) is 44.8 Å². The van der Waals surface area contributed by atoms with Gasteiger partial charge in [-0.2, -0.15) is 0 Å². The van der Waals surface area contributed by atoms with Gasteiger partial charge >= 0.3 is 0 Å². The van der Waals surface area contributed by atoms with Crippen LogP contribution in [0.2, 0.25) is 0 Å². The molecule has 0 spiro atoms. The summed E-state index contributed by atoms with van der Waals surface area (Å²) in [6, 6.07) is 0. The predicted molar refractivity (Wildman–Crippen MR) is 73.6 cm³/mol. The monoisotopic (exact) mass is 268 g/mol. The zero-order valence-electron chi connectivity index (χ0n) is 12.5. The Morgan fingerprint density at radius 1 is 1.37 bits per heavy atom. The van der Waals surface area contributed by atoms with Crippen LogP contribution in [0.25, 0.3) is 0 Å². The maximum Gasteiger partial charge on any atom is 0.178 e. The average molecular weight is 268 g/mol. The molecule has 19 heavy (non-hydrogen) atoms. The number of hydrogen-bond donors (Lipinski definition) is 0. The second-order valence-corrected chi connectivity index (χ2v) is 5.28. The molecular formula is C15H24O4. The van der Waals surface area contributed by atoms with Crippen molar-refractivity contribution in [3.8, 4) is 0 Å².